The number of nitro groups is 1. The lowest BCUT2D eigenvalue weighted by Crippen LogP contribution is -2.15. The number of rotatable bonds is 5. The van der Waals surface area contributed by atoms with E-state index in [2.05, 4.69) is 10.6 Å². The van der Waals surface area contributed by atoms with Crippen LogP contribution in [0.5, 0.6) is 0 Å². The molecular formula is C19H15N3O5. The van der Waals surface area contributed by atoms with Crippen LogP contribution in [0.3, 0.4) is 0 Å². The number of benzene rings is 2. The highest BCUT2D eigenvalue weighted by Crippen LogP contribution is 2.23. The maximum absolute atomic E-state index is 12.5. The van der Waals surface area contributed by atoms with Gasteiger partial charge in [-0.15, -0.1) is 0 Å². The number of nitro benzene ring substituents is 1. The first-order valence-electron chi connectivity index (χ1n) is 7.96. The van der Waals surface area contributed by atoms with E-state index >= 15 is 0 Å². The highest BCUT2D eigenvalue weighted by molar-refractivity contribution is 6.06. The molecule has 2 aromatic carbocycles. The van der Waals surface area contributed by atoms with Gasteiger partial charge in [0.25, 0.3) is 17.5 Å². The van der Waals surface area contributed by atoms with Crippen LogP contribution >= 0.6 is 0 Å². The Morgan fingerprint density at radius 1 is 0.963 bits per heavy atom. The SMILES string of the molecule is Cc1c(C(=O)Nc2cccc(NC(=O)c3ccco3)c2)cccc1[N+](=O)[O-]. The molecule has 2 amide bonds. The van der Waals surface area contributed by atoms with Gasteiger partial charge in [-0.2, -0.15) is 0 Å². The van der Waals surface area contributed by atoms with Crippen LogP contribution in [0.1, 0.15) is 26.5 Å². The molecule has 3 rings (SSSR count). The molecule has 0 saturated heterocycles. The van der Waals surface area contributed by atoms with Crippen LogP contribution in [0, 0.1) is 17.0 Å². The summed E-state index contributed by atoms with van der Waals surface area (Å²) >= 11 is 0. The third-order valence-corrected chi connectivity index (χ3v) is 3.87. The van der Waals surface area contributed by atoms with E-state index in [9.17, 15) is 19.7 Å². The van der Waals surface area contributed by atoms with Gasteiger partial charge in [-0.05, 0) is 43.3 Å². The van der Waals surface area contributed by atoms with Crippen molar-refractivity contribution in [3.63, 3.8) is 0 Å². The van der Waals surface area contributed by atoms with Gasteiger partial charge in [0, 0.05) is 28.6 Å². The lowest BCUT2D eigenvalue weighted by atomic mass is 10.1. The summed E-state index contributed by atoms with van der Waals surface area (Å²) in [4.78, 5) is 35.0. The van der Waals surface area contributed by atoms with E-state index < -0.39 is 16.7 Å². The maximum atomic E-state index is 12.5. The minimum absolute atomic E-state index is 0.123. The number of nitrogens with zero attached hydrogens (tertiary/aromatic N) is 1. The summed E-state index contributed by atoms with van der Waals surface area (Å²) in [6.07, 6.45) is 1.40. The molecule has 0 aliphatic rings. The van der Waals surface area contributed by atoms with Gasteiger partial charge in [-0.3, -0.25) is 19.7 Å². The summed E-state index contributed by atoms with van der Waals surface area (Å²) < 4.78 is 5.03. The number of hydrogen-bond donors (Lipinski definition) is 2. The average Bonchev–Trinajstić information content (AvgIpc) is 3.16. The molecule has 0 saturated carbocycles. The van der Waals surface area contributed by atoms with Gasteiger partial charge in [0.1, 0.15) is 0 Å². The minimum Gasteiger partial charge on any atom is -0.459 e. The van der Waals surface area contributed by atoms with Gasteiger partial charge in [-0.25, -0.2) is 0 Å². The van der Waals surface area contributed by atoms with Crippen LogP contribution in [-0.2, 0) is 0 Å². The molecule has 27 heavy (non-hydrogen) atoms. The Kier molecular flexibility index (Phi) is 4.98. The fourth-order valence-corrected chi connectivity index (χ4v) is 2.54. The number of hydrogen-bond acceptors (Lipinski definition) is 5. The minimum atomic E-state index is -0.531. The van der Waals surface area contributed by atoms with Crippen molar-refractivity contribution in [2.45, 2.75) is 6.92 Å². The summed E-state index contributed by atoms with van der Waals surface area (Å²) in [6, 6.07) is 14.0. The molecule has 0 unspecified atom stereocenters. The highest BCUT2D eigenvalue weighted by atomic mass is 16.6. The van der Waals surface area contributed by atoms with Crippen LogP contribution in [0.4, 0.5) is 17.1 Å². The molecule has 0 aliphatic heterocycles. The van der Waals surface area contributed by atoms with Crippen LogP contribution in [-0.4, -0.2) is 16.7 Å². The molecule has 1 aromatic heterocycles. The topological polar surface area (TPSA) is 114 Å². The Labute approximate surface area is 154 Å². The average molecular weight is 365 g/mol. The van der Waals surface area contributed by atoms with Gasteiger partial charge in [0.05, 0.1) is 11.2 Å². The largest absolute Gasteiger partial charge is 0.459 e. The Bertz CT molecular complexity index is 1010. The van der Waals surface area contributed by atoms with Gasteiger partial charge in [0.2, 0.25) is 0 Å². The lowest BCUT2D eigenvalue weighted by Gasteiger charge is -2.10. The summed E-state index contributed by atoms with van der Waals surface area (Å²) in [5.74, 6) is -0.736. The fraction of sp³-hybridized carbons (Fsp3) is 0.0526. The summed E-state index contributed by atoms with van der Waals surface area (Å²) in [5, 5.41) is 16.4. The van der Waals surface area contributed by atoms with Crippen LogP contribution in [0.15, 0.2) is 65.3 Å². The van der Waals surface area contributed by atoms with E-state index in [1.165, 1.54) is 37.5 Å². The van der Waals surface area contributed by atoms with Gasteiger partial charge >= 0.3 is 0 Å². The molecule has 0 atom stereocenters. The van der Waals surface area contributed by atoms with E-state index in [0.717, 1.165) is 0 Å². The second kappa shape index (κ2) is 7.52. The highest BCUT2D eigenvalue weighted by Gasteiger charge is 2.18. The van der Waals surface area contributed by atoms with Crippen LogP contribution in [0.25, 0.3) is 0 Å². The number of carbonyl (C=O) groups excluding carboxylic acids is 2. The molecule has 0 radical (unpaired) electrons. The van der Waals surface area contributed by atoms with E-state index in [4.69, 9.17) is 4.42 Å². The maximum Gasteiger partial charge on any atom is 0.291 e. The van der Waals surface area contributed by atoms with Crippen LogP contribution < -0.4 is 10.6 Å². The zero-order valence-electron chi connectivity index (χ0n) is 14.3. The fourth-order valence-electron chi connectivity index (χ4n) is 2.54. The zero-order chi connectivity index (χ0) is 19.4. The molecule has 1 heterocycles. The van der Waals surface area contributed by atoms with E-state index in [-0.39, 0.29) is 22.6 Å². The van der Waals surface area contributed by atoms with E-state index in [1.54, 1.807) is 30.3 Å². The molecule has 0 aliphatic carbocycles. The van der Waals surface area contributed by atoms with Gasteiger partial charge in [-0.1, -0.05) is 12.1 Å². The first kappa shape index (κ1) is 17.9. The first-order valence-corrected chi connectivity index (χ1v) is 7.96. The number of carbonyl (C=O) groups is 2. The third-order valence-electron chi connectivity index (χ3n) is 3.87. The van der Waals surface area contributed by atoms with Crippen molar-refractivity contribution >= 4 is 28.9 Å². The molecule has 8 nitrogen and oxygen atoms in total. The molecule has 3 aromatic rings. The molecule has 0 bridgehead atoms. The Morgan fingerprint density at radius 3 is 2.26 bits per heavy atom. The van der Waals surface area contributed by atoms with E-state index in [1.807, 2.05) is 0 Å². The zero-order valence-corrected chi connectivity index (χ0v) is 14.3. The van der Waals surface area contributed by atoms with Crippen molar-refractivity contribution in [3.05, 3.63) is 87.9 Å². The molecule has 8 heteroatoms. The van der Waals surface area contributed by atoms with Crippen molar-refractivity contribution < 1.29 is 18.9 Å². The summed E-state index contributed by atoms with van der Waals surface area (Å²) in [7, 11) is 0. The Hall–Kier alpha value is -3.94. The molecule has 0 fully saturated rings. The molecule has 0 spiro atoms. The number of nitrogens with one attached hydrogen (secondary N) is 2. The Balaban J connectivity index is 1.76. The quantitative estimate of drug-likeness (QED) is 0.524. The van der Waals surface area contributed by atoms with Gasteiger partial charge in [0.15, 0.2) is 5.76 Å². The second-order valence-electron chi connectivity index (χ2n) is 5.67. The standard InChI is InChI=1S/C19H15N3O5/c1-12-15(7-3-8-16(12)22(25)26)18(23)20-13-5-2-6-14(11-13)21-19(24)17-9-4-10-27-17/h2-11H,1H3,(H,20,23)(H,21,24). The predicted molar refractivity (Wildman–Crippen MR) is 98.9 cm³/mol. The predicted octanol–water partition coefficient (Wildman–Crippen LogP) is 4.00. The van der Waals surface area contributed by atoms with Crippen LogP contribution in [0.2, 0.25) is 0 Å². The summed E-state index contributed by atoms with van der Waals surface area (Å²) in [6.45, 7) is 1.52. The van der Waals surface area contributed by atoms with E-state index in [0.29, 0.717) is 11.4 Å². The van der Waals surface area contributed by atoms with Crippen molar-refractivity contribution in [2.75, 3.05) is 10.6 Å². The third kappa shape index (κ3) is 4.01. The molecule has 136 valence electrons. The normalized spacial score (nSPS) is 10.3. The summed E-state index contributed by atoms with van der Waals surface area (Å²) in [5.41, 5.74) is 1.26. The number of anilines is 2. The van der Waals surface area contributed by atoms with Crippen molar-refractivity contribution in [1.29, 1.82) is 0 Å². The number of furan rings is 1. The first-order chi connectivity index (χ1) is 13.0. The smallest absolute Gasteiger partial charge is 0.291 e. The monoisotopic (exact) mass is 365 g/mol. The second-order valence-corrected chi connectivity index (χ2v) is 5.67. The van der Waals surface area contributed by atoms with Gasteiger partial charge < -0.3 is 15.1 Å². The lowest BCUT2D eigenvalue weighted by molar-refractivity contribution is -0.385. The molecular weight excluding hydrogens is 350 g/mol. The van der Waals surface area contributed by atoms with Crippen molar-refractivity contribution in [3.8, 4) is 0 Å². The Morgan fingerprint density at radius 2 is 1.63 bits per heavy atom. The molecule has 2 N–H and O–H groups in total. The number of amides is 2. The van der Waals surface area contributed by atoms with Crippen molar-refractivity contribution in [2.24, 2.45) is 0 Å². The van der Waals surface area contributed by atoms with Crippen molar-refractivity contribution in [1.82, 2.24) is 0 Å².